The molecule has 0 fully saturated rings. The lowest BCUT2D eigenvalue weighted by Gasteiger charge is -2.33. The van der Waals surface area contributed by atoms with Crippen molar-refractivity contribution in [1.29, 1.82) is 0 Å². The lowest BCUT2D eigenvalue weighted by molar-refractivity contribution is -0.142. The molecule has 3 aromatic carbocycles. The summed E-state index contributed by atoms with van der Waals surface area (Å²) < 4.78 is 40.5. The van der Waals surface area contributed by atoms with E-state index in [9.17, 15) is 23.5 Å². The highest BCUT2D eigenvalue weighted by Crippen LogP contribution is 2.32. The first-order chi connectivity index (χ1) is 17.0. The molecule has 36 heavy (non-hydrogen) atoms. The molecule has 3 aromatic rings. The van der Waals surface area contributed by atoms with Gasteiger partial charge >= 0.3 is 5.97 Å². The quantitative estimate of drug-likeness (QED) is 0.486. The number of fused-ring (bicyclic) bond motifs is 1. The van der Waals surface area contributed by atoms with Crippen LogP contribution in [0.4, 0.5) is 20.2 Å². The first kappa shape index (κ1) is 25.0. The molecule has 1 aliphatic heterocycles. The van der Waals surface area contributed by atoms with Crippen LogP contribution < -0.4 is 19.7 Å². The number of nitrogens with zero attached hydrogens (tertiary/aromatic N) is 1. The molecule has 1 heterocycles. The summed E-state index contributed by atoms with van der Waals surface area (Å²) in [6.07, 6.45) is -0.270. The van der Waals surface area contributed by atoms with Gasteiger partial charge in [0.05, 0.1) is 23.2 Å². The summed E-state index contributed by atoms with van der Waals surface area (Å²) >= 11 is 0. The monoisotopic (exact) mass is 496 g/mol. The molecule has 4 rings (SSSR count). The Morgan fingerprint density at radius 2 is 1.89 bits per heavy atom. The minimum Gasteiger partial charge on any atom is -0.490 e. The van der Waals surface area contributed by atoms with E-state index in [0.29, 0.717) is 6.54 Å². The van der Waals surface area contributed by atoms with Crippen LogP contribution in [0.2, 0.25) is 0 Å². The maximum atomic E-state index is 14.7. The average Bonchev–Trinajstić information content (AvgIpc) is 2.82. The van der Waals surface area contributed by atoms with E-state index in [1.807, 2.05) is 31.3 Å². The third-order valence-electron chi connectivity index (χ3n) is 6.08. The van der Waals surface area contributed by atoms with E-state index in [2.05, 4.69) is 10.2 Å². The zero-order chi connectivity index (χ0) is 26.0. The van der Waals surface area contributed by atoms with Crippen molar-refractivity contribution in [3.8, 4) is 11.5 Å². The third kappa shape index (κ3) is 5.25. The summed E-state index contributed by atoms with van der Waals surface area (Å²) in [6.45, 7) is 3.61. The molecule has 1 aliphatic rings. The Hall–Kier alpha value is -4.14. The number of aliphatic carboxylic acids is 1. The summed E-state index contributed by atoms with van der Waals surface area (Å²) in [4.78, 5) is 26.2. The SMILES string of the molecule is CN1C[C@@H](COc2ccc(C(=O)Nc3cc(F)cc(C(C)(C)C(=O)O)c3)c(F)c2)Oc2ccccc21. The molecule has 2 N–H and O–H groups in total. The van der Waals surface area contributed by atoms with Gasteiger partial charge in [-0.15, -0.1) is 0 Å². The number of amides is 1. The van der Waals surface area contributed by atoms with Crippen LogP contribution in [0.5, 0.6) is 11.5 Å². The number of ether oxygens (including phenoxy) is 2. The van der Waals surface area contributed by atoms with E-state index in [4.69, 9.17) is 9.47 Å². The number of rotatable bonds is 7. The Balaban J connectivity index is 1.42. The molecule has 0 aromatic heterocycles. The second kappa shape index (κ2) is 9.85. The maximum Gasteiger partial charge on any atom is 0.313 e. The largest absolute Gasteiger partial charge is 0.490 e. The van der Waals surface area contributed by atoms with Gasteiger partial charge < -0.3 is 24.8 Å². The molecular weight excluding hydrogens is 470 g/mol. The number of anilines is 2. The molecular formula is C27H26F2N2O5. The zero-order valence-corrected chi connectivity index (χ0v) is 20.0. The number of likely N-dealkylation sites (N-methyl/N-ethyl adjacent to an activating group) is 1. The highest BCUT2D eigenvalue weighted by atomic mass is 19.1. The lowest BCUT2D eigenvalue weighted by Crippen LogP contribution is -2.41. The van der Waals surface area contributed by atoms with Crippen LogP contribution in [0.15, 0.2) is 60.7 Å². The second-order valence-corrected chi connectivity index (χ2v) is 9.15. The van der Waals surface area contributed by atoms with Gasteiger partial charge in [0.15, 0.2) is 0 Å². The predicted molar refractivity (Wildman–Crippen MR) is 131 cm³/mol. The first-order valence-electron chi connectivity index (χ1n) is 11.3. The van der Waals surface area contributed by atoms with E-state index in [0.717, 1.165) is 29.6 Å². The van der Waals surface area contributed by atoms with Gasteiger partial charge in [0.1, 0.15) is 35.8 Å². The topological polar surface area (TPSA) is 88.1 Å². The molecule has 188 valence electrons. The van der Waals surface area contributed by atoms with Gasteiger partial charge in [-0.1, -0.05) is 12.1 Å². The number of halogens is 2. The molecule has 7 nitrogen and oxygen atoms in total. The fraction of sp³-hybridized carbons (Fsp3) is 0.259. The standard InChI is InChI=1S/C27H26F2N2O5/c1-27(2,26(33)34)16-10-17(28)12-18(11-16)30-25(32)21-9-8-19(13-22(21)29)35-15-20-14-31(3)23-6-4-5-7-24(23)36-20/h4-13,20H,14-15H2,1-3H3,(H,30,32)(H,33,34)/t20-/m0/s1. The molecule has 0 bridgehead atoms. The molecule has 0 saturated carbocycles. The number of carbonyl (C=O) groups excluding carboxylic acids is 1. The van der Waals surface area contributed by atoms with Crippen LogP contribution in [0.25, 0.3) is 0 Å². The fourth-order valence-corrected chi connectivity index (χ4v) is 3.88. The van der Waals surface area contributed by atoms with Gasteiger partial charge in [-0.25, -0.2) is 8.78 Å². The minimum atomic E-state index is -1.38. The Bertz CT molecular complexity index is 1310. The smallest absolute Gasteiger partial charge is 0.313 e. The molecule has 0 radical (unpaired) electrons. The van der Waals surface area contributed by atoms with Crippen LogP contribution in [-0.2, 0) is 10.2 Å². The lowest BCUT2D eigenvalue weighted by atomic mass is 9.84. The fourth-order valence-electron chi connectivity index (χ4n) is 3.88. The minimum absolute atomic E-state index is 0.0166. The van der Waals surface area contributed by atoms with Crippen molar-refractivity contribution in [1.82, 2.24) is 0 Å². The van der Waals surface area contributed by atoms with Gasteiger partial charge in [-0.05, 0) is 61.9 Å². The number of carbonyl (C=O) groups is 2. The molecule has 0 unspecified atom stereocenters. The predicted octanol–water partition coefficient (Wildman–Crippen LogP) is 4.86. The normalized spacial score (nSPS) is 15.0. The van der Waals surface area contributed by atoms with Crippen LogP contribution in [0, 0.1) is 11.6 Å². The van der Waals surface area contributed by atoms with Gasteiger partial charge in [-0.3, -0.25) is 9.59 Å². The maximum absolute atomic E-state index is 14.7. The molecule has 9 heteroatoms. The number of carboxylic acids is 1. The number of nitrogens with one attached hydrogen (secondary N) is 1. The van der Waals surface area contributed by atoms with Crippen molar-refractivity contribution in [2.45, 2.75) is 25.4 Å². The average molecular weight is 497 g/mol. The molecule has 1 amide bonds. The van der Waals surface area contributed by atoms with E-state index in [1.54, 1.807) is 0 Å². The zero-order valence-electron chi connectivity index (χ0n) is 20.0. The number of hydrogen-bond acceptors (Lipinski definition) is 5. The van der Waals surface area contributed by atoms with Crippen LogP contribution in [-0.4, -0.2) is 43.3 Å². The Labute approximate surface area is 207 Å². The van der Waals surface area contributed by atoms with Crippen molar-refractivity contribution in [3.05, 3.63) is 83.4 Å². The Kier molecular flexibility index (Phi) is 6.83. The number of carboxylic acid groups (broad SMARTS) is 1. The number of para-hydroxylation sites is 2. The highest BCUT2D eigenvalue weighted by Gasteiger charge is 2.30. The van der Waals surface area contributed by atoms with Crippen LogP contribution >= 0.6 is 0 Å². The summed E-state index contributed by atoms with van der Waals surface area (Å²) in [5.41, 5.74) is -0.499. The van der Waals surface area contributed by atoms with Crippen molar-refractivity contribution in [2.75, 3.05) is 30.4 Å². The van der Waals surface area contributed by atoms with E-state index in [-0.39, 0.29) is 35.3 Å². The number of benzene rings is 3. The van der Waals surface area contributed by atoms with Crippen LogP contribution in [0.3, 0.4) is 0 Å². The van der Waals surface area contributed by atoms with Crippen molar-refractivity contribution >= 4 is 23.3 Å². The summed E-state index contributed by atoms with van der Waals surface area (Å²) in [7, 11) is 1.95. The first-order valence-corrected chi connectivity index (χ1v) is 11.3. The Morgan fingerprint density at radius 1 is 1.14 bits per heavy atom. The second-order valence-electron chi connectivity index (χ2n) is 9.15. The molecule has 0 aliphatic carbocycles. The Morgan fingerprint density at radius 3 is 2.61 bits per heavy atom. The highest BCUT2D eigenvalue weighted by molar-refractivity contribution is 6.04. The van der Waals surface area contributed by atoms with Gasteiger partial charge in [-0.2, -0.15) is 0 Å². The van der Waals surface area contributed by atoms with Gasteiger partial charge in [0, 0.05) is 18.8 Å². The van der Waals surface area contributed by atoms with Crippen molar-refractivity contribution in [2.24, 2.45) is 0 Å². The molecule has 1 atom stereocenters. The van der Waals surface area contributed by atoms with E-state index < -0.39 is 28.9 Å². The molecule has 0 saturated heterocycles. The summed E-state index contributed by atoms with van der Waals surface area (Å²) in [6, 6.07) is 14.9. The van der Waals surface area contributed by atoms with Crippen molar-refractivity contribution < 1.29 is 33.0 Å². The number of hydrogen-bond donors (Lipinski definition) is 2. The van der Waals surface area contributed by atoms with E-state index >= 15 is 0 Å². The summed E-state index contributed by atoms with van der Waals surface area (Å²) in [5.74, 6) is -2.53. The van der Waals surface area contributed by atoms with Crippen molar-refractivity contribution in [3.63, 3.8) is 0 Å². The van der Waals surface area contributed by atoms with E-state index in [1.165, 1.54) is 32.0 Å². The van der Waals surface area contributed by atoms with Gasteiger partial charge in [0.25, 0.3) is 5.91 Å². The van der Waals surface area contributed by atoms with Gasteiger partial charge in [0.2, 0.25) is 0 Å². The third-order valence-corrected chi connectivity index (χ3v) is 6.08. The summed E-state index contributed by atoms with van der Waals surface area (Å²) in [5, 5.41) is 11.8. The van der Waals surface area contributed by atoms with Crippen LogP contribution in [0.1, 0.15) is 29.8 Å². The molecule has 0 spiro atoms.